The van der Waals surface area contributed by atoms with Gasteiger partial charge in [-0.2, -0.15) is 8.42 Å². The van der Waals surface area contributed by atoms with Crippen molar-refractivity contribution in [3.63, 3.8) is 0 Å². The van der Waals surface area contributed by atoms with Crippen LogP contribution in [0.4, 0.5) is 11.4 Å². The normalized spacial score (nSPS) is 13.5. The SMILES string of the molecule is CN(C)C=NS(=O)(=O)c1cc(NC(=O)Cc2ccccc2Cl)cc2c1CCN(c1ccc(P)cc1)C2. The molecular weight excluding hydrogens is 515 g/mol. The molecule has 0 spiro atoms. The van der Waals surface area contributed by atoms with Crippen molar-refractivity contribution in [3.8, 4) is 0 Å². The van der Waals surface area contributed by atoms with E-state index >= 15 is 0 Å². The number of carbonyl (C=O) groups excluding carboxylic acids is 1. The Labute approximate surface area is 219 Å². The smallest absolute Gasteiger partial charge is 0.284 e. The number of sulfonamides is 1. The Balaban J connectivity index is 1.69. The van der Waals surface area contributed by atoms with Crippen LogP contribution in [0.25, 0.3) is 0 Å². The van der Waals surface area contributed by atoms with Crippen molar-refractivity contribution in [1.29, 1.82) is 0 Å². The molecule has 1 amide bonds. The largest absolute Gasteiger partial charge is 0.368 e. The standard InChI is InChI=1S/C26H28ClN4O3PS/c1-30(2)17-28-36(33,34)25-15-20(29-26(32)14-18-5-3-4-6-24(18)27)13-19-16-31(12-11-23(19)25)21-7-9-22(35)10-8-21/h3-10,13,15,17H,11-12,14,16,35H2,1-2H3,(H,29,32). The minimum Gasteiger partial charge on any atom is -0.368 e. The van der Waals surface area contributed by atoms with Crippen LogP contribution < -0.4 is 15.5 Å². The molecule has 0 saturated carbocycles. The first-order valence-electron chi connectivity index (χ1n) is 11.4. The molecule has 10 heteroatoms. The van der Waals surface area contributed by atoms with Crippen LogP contribution in [0.2, 0.25) is 5.02 Å². The summed E-state index contributed by atoms with van der Waals surface area (Å²) < 4.78 is 30.2. The summed E-state index contributed by atoms with van der Waals surface area (Å²) in [5, 5.41) is 4.46. The quantitative estimate of drug-likeness (QED) is 0.278. The third-order valence-electron chi connectivity index (χ3n) is 5.84. The van der Waals surface area contributed by atoms with Gasteiger partial charge in [0.2, 0.25) is 5.91 Å². The first-order valence-corrected chi connectivity index (χ1v) is 13.8. The monoisotopic (exact) mass is 542 g/mol. The van der Waals surface area contributed by atoms with E-state index < -0.39 is 10.0 Å². The number of amides is 1. The molecule has 0 radical (unpaired) electrons. The van der Waals surface area contributed by atoms with Crippen LogP contribution in [0.15, 0.2) is 70.0 Å². The lowest BCUT2D eigenvalue weighted by Gasteiger charge is -2.32. The number of carbonyl (C=O) groups is 1. The van der Waals surface area contributed by atoms with E-state index in [4.69, 9.17) is 11.6 Å². The third-order valence-corrected chi connectivity index (χ3v) is 7.89. The van der Waals surface area contributed by atoms with Gasteiger partial charge in [-0.05, 0) is 58.7 Å². The Morgan fingerprint density at radius 1 is 1.17 bits per heavy atom. The molecule has 7 nitrogen and oxygen atoms in total. The van der Waals surface area contributed by atoms with Crippen LogP contribution in [-0.2, 0) is 34.2 Å². The molecule has 0 aliphatic carbocycles. The molecular formula is C26H28ClN4O3PS. The lowest BCUT2D eigenvalue weighted by Crippen LogP contribution is -2.31. The predicted molar refractivity (Wildman–Crippen MR) is 150 cm³/mol. The van der Waals surface area contributed by atoms with Crippen molar-refractivity contribution in [1.82, 2.24) is 4.90 Å². The Morgan fingerprint density at radius 3 is 2.58 bits per heavy atom. The summed E-state index contributed by atoms with van der Waals surface area (Å²) in [7, 11) is 2.11. The molecule has 0 saturated heterocycles. The van der Waals surface area contributed by atoms with E-state index in [-0.39, 0.29) is 17.2 Å². The van der Waals surface area contributed by atoms with E-state index in [0.29, 0.717) is 35.8 Å². The highest BCUT2D eigenvalue weighted by Crippen LogP contribution is 2.33. The Bertz CT molecular complexity index is 1410. The van der Waals surface area contributed by atoms with Crippen LogP contribution in [-0.4, -0.2) is 46.2 Å². The highest BCUT2D eigenvalue weighted by atomic mass is 35.5. The fraction of sp³-hybridized carbons (Fsp3) is 0.231. The maximum atomic E-state index is 13.2. The zero-order valence-electron chi connectivity index (χ0n) is 20.1. The van der Waals surface area contributed by atoms with Gasteiger partial charge in [0, 0.05) is 43.6 Å². The molecule has 4 rings (SSSR count). The van der Waals surface area contributed by atoms with Crippen molar-refractivity contribution in [3.05, 3.63) is 82.4 Å². The summed E-state index contributed by atoms with van der Waals surface area (Å²) in [6, 6.07) is 18.6. The molecule has 0 aromatic heterocycles. The molecule has 1 aliphatic rings. The topological polar surface area (TPSA) is 82.1 Å². The minimum absolute atomic E-state index is 0.0745. The lowest BCUT2D eigenvalue weighted by atomic mass is 9.98. The number of hydrogen-bond acceptors (Lipinski definition) is 4. The van der Waals surface area contributed by atoms with Crippen molar-refractivity contribution in [2.75, 3.05) is 30.9 Å². The van der Waals surface area contributed by atoms with E-state index in [1.165, 1.54) is 12.4 Å². The molecule has 1 heterocycles. The number of nitrogens with zero attached hydrogens (tertiary/aromatic N) is 3. The maximum Gasteiger partial charge on any atom is 0.284 e. The number of hydrogen-bond donors (Lipinski definition) is 1. The highest BCUT2D eigenvalue weighted by Gasteiger charge is 2.26. The molecule has 1 N–H and O–H groups in total. The average Bonchev–Trinajstić information content (AvgIpc) is 2.84. The van der Waals surface area contributed by atoms with Gasteiger partial charge in [-0.25, -0.2) is 0 Å². The second-order valence-corrected chi connectivity index (χ2v) is 11.5. The first kappa shape index (κ1) is 26.1. The minimum atomic E-state index is -3.97. The first-order chi connectivity index (χ1) is 17.1. The summed E-state index contributed by atoms with van der Waals surface area (Å²) in [5.41, 5.74) is 3.72. The molecule has 188 valence electrons. The van der Waals surface area contributed by atoms with Crippen LogP contribution in [0.5, 0.6) is 0 Å². The van der Waals surface area contributed by atoms with Gasteiger partial charge in [-0.1, -0.05) is 41.9 Å². The van der Waals surface area contributed by atoms with Gasteiger partial charge in [0.1, 0.15) is 6.34 Å². The molecule has 36 heavy (non-hydrogen) atoms. The van der Waals surface area contributed by atoms with Gasteiger partial charge in [0.15, 0.2) is 0 Å². The van der Waals surface area contributed by atoms with E-state index in [1.54, 1.807) is 37.2 Å². The second kappa shape index (κ2) is 11.0. The van der Waals surface area contributed by atoms with Gasteiger partial charge in [0.25, 0.3) is 10.0 Å². The van der Waals surface area contributed by atoms with E-state index in [9.17, 15) is 13.2 Å². The van der Waals surface area contributed by atoms with E-state index in [1.807, 2.05) is 36.4 Å². The fourth-order valence-electron chi connectivity index (χ4n) is 4.10. The number of rotatable bonds is 7. The average molecular weight is 543 g/mol. The van der Waals surface area contributed by atoms with Gasteiger partial charge in [0.05, 0.1) is 11.3 Å². The van der Waals surface area contributed by atoms with Gasteiger partial charge in [-0.3, -0.25) is 4.79 Å². The van der Waals surface area contributed by atoms with Crippen molar-refractivity contribution in [2.24, 2.45) is 4.40 Å². The summed E-state index contributed by atoms with van der Waals surface area (Å²) in [6.07, 6.45) is 1.88. The van der Waals surface area contributed by atoms with Crippen LogP contribution in [0, 0.1) is 0 Å². The molecule has 1 aliphatic heterocycles. The zero-order chi connectivity index (χ0) is 25.9. The molecule has 0 fully saturated rings. The Morgan fingerprint density at radius 2 is 1.89 bits per heavy atom. The second-order valence-electron chi connectivity index (χ2n) is 8.85. The lowest BCUT2D eigenvalue weighted by molar-refractivity contribution is -0.115. The number of nitrogens with one attached hydrogen (secondary N) is 1. The zero-order valence-corrected chi connectivity index (χ0v) is 22.8. The Kier molecular flexibility index (Phi) is 7.98. The predicted octanol–water partition coefficient (Wildman–Crippen LogP) is 3.86. The van der Waals surface area contributed by atoms with Crippen molar-refractivity contribution < 1.29 is 13.2 Å². The number of benzene rings is 3. The third kappa shape index (κ3) is 6.25. The van der Waals surface area contributed by atoms with Gasteiger partial charge in [-0.15, -0.1) is 13.6 Å². The van der Waals surface area contributed by atoms with Crippen molar-refractivity contribution in [2.45, 2.75) is 24.3 Å². The van der Waals surface area contributed by atoms with Crippen LogP contribution in [0.3, 0.4) is 0 Å². The van der Waals surface area contributed by atoms with E-state index in [2.05, 4.69) is 23.9 Å². The summed E-state index contributed by atoms with van der Waals surface area (Å²) in [6.45, 7) is 1.18. The molecule has 0 bridgehead atoms. The molecule has 1 atom stereocenters. The molecule has 1 unspecified atom stereocenters. The van der Waals surface area contributed by atoms with Gasteiger partial charge < -0.3 is 15.1 Å². The maximum absolute atomic E-state index is 13.2. The van der Waals surface area contributed by atoms with Crippen molar-refractivity contribution >= 4 is 59.8 Å². The van der Waals surface area contributed by atoms with E-state index in [0.717, 1.165) is 22.1 Å². The van der Waals surface area contributed by atoms with Crippen LogP contribution in [0.1, 0.15) is 16.7 Å². The number of halogens is 1. The summed E-state index contributed by atoms with van der Waals surface area (Å²) >= 11 is 6.21. The number of fused-ring (bicyclic) bond motifs is 1. The highest BCUT2D eigenvalue weighted by molar-refractivity contribution is 7.90. The summed E-state index contributed by atoms with van der Waals surface area (Å²) in [4.78, 5) is 16.7. The molecule has 3 aromatic carbocycles. The van der Waals surface area contributed by atoms with Crippen LogP contribution >= 0.6 is 20.8 Å². The fourth-order valence-corrected chi connectivity index (χ4v) is 5.74. The molecule has 3 aromatic rings. The van der Waals surface area contributed by atoms with Gasteiger partial charge >= 0.3 is 0 Å². The Hall–Kier alpha value is -2.93. The number of anilines is 2. The summed E-state index contributed by atoms with van der Waals surface area (Å²) in [5.74, 6) is -0.285.